The smallest absolute Gasteiger partial charge is 0.243 e. The summed E-state index contributed by atoms with van der Waals surface area (Å²) in [5.74, 6) is -0.0327. The summed E-state index contributed by atoms with van der Waals surface area (Å²) in [5, 5.41) is 6.04. The predicted molar refractivity (Wildman–Crippen MR) is 67.2 cm³/mol. The van der Waals surface area contributed by atoms with Gasteiger partial charge in [0.1, 0.15) is 6.04 Å². The Balaban J connectivity index is 2.01. The molecule has 4 nitrogen and oxygen atoms in total. The molecule has 1 aliphatic heterocycles. The molecule has 1 fully saturated rings. The van der Waals surface area contributed by atoms with Gasteiger partial charge in [-0.15, -0.1) is 0 Å². The third-order valence-corrected chi connectivity index (χ3v) is 2.73. The standard InChI is InChI=1S/C13H18N2O2/c1-9-5-10(2)7-11(6-9)15-13(16)12-8-17-4-3-14-12/h5-7,12,14H,3-4,8H2,1-2H3,(H,15,16). The number of anilines is 1. The van der Waals surface area contributed by atoms with Crippen LogP contribution in [0.1, 0.15) is 11.1 Å². The molecule has 0 saturated carbocycles. The highest BCUT2D eigenvalue weighted by atomic mass is 16.5. The molecule has 0 aliphatic carbocycles. The minimum absolute atomic E-state index is 0.0327. The summed E-state index contributed by atoms with van der Waals surface area (Å²) >= 11 is 0. The van der Waals surface area contributed by atoms with Gasteiger partial charge in [0.25, 0.3) is 0 Å². The lowest BCUT2D eigenvalue weighted by atomic mass is 10.1. The average Bonchev–Trinajstić information content (AvgIpc) is 2.28. The summed E-state index contributed by atoms with van der Waals surface area (Å²) in [6.45, 7) is 5.88. The Kier molecular flexibility index (Phi) is 3.76. The van der Waals surface area contributed by atoms with Gasteiger partial charge < -0.3 is 15.4 Å². The number of morpholine rings is 1. The van der Waals surface area contributed by atoms with Gasteiger partial charge in [-0.25, -0.2) is 0 Å². The van der Waals surface area contributed by atoms with Crippen LogP contribution in [-0.4, -0.2) is 31.7 Å². The highest BCUT2D eigenvalue weighted by Gasteiger charge is 2.21. The van der Waals surface area contributed by atoms with Gasteiger partial charge in [-0.2, -0.15) is 0 Å². The Bertz CT molecular complexity index is 392. The summed E-state index contributed by atoms with van der Waals surface area (Å²) in [6.07, 6.45) is 0. The van der Waals surface area contributed by atoms with E-state index in [9.17, 15) is 4.79 Å². The number of nitrogens with one attached hydrogen (secondary N) is 2. The Hall–Kier alpha value is -1.39. The van der Waals surface area contributed by atoms with E-state index in [1.165, 1.54) is 0 Å². The summed E-state index contributed by atoms with van der Waals surface area (Å²) in [4.78, 5) is 11.9. The Morgan fingerprint density at radius 2 is 2.06 bits per heavy atom. The number of ether oxygens (including phenoxy) is 1. The molecule has 2 rings (SSSR count). The van der Waals surface area contributed by atoms with E-state index in [0.717, 1.165) is 23.4 Å². The predicted octanol–water partition coefficient (Wildman–Crippen LogP) is 1.23. The van der Waals surface area contributed by atoms with Crippen LogP contribution in [0.15, 0.2) is 18.2 Å². The zero-order chi connectivity index (χ0) is 12.3. The molecule has 1 atom stereocenters. The van der Waals surface area contributed by atoms with E-state index in [1.54, 1.807) is 0 Å². The zero-order valence-electron chi connectivity index (χ0n) is 10.2. The first-order valence-electron chi connectivity index (χ1n) is 5.85. The number of amides is 1. The Labute approximate surface area is 101 Å². The molecule has 0 radical (unpaired) electrons. The number of benzene rings is 1. The second-order valence-electron chi connectivity index (χ2n) is 4.45. The fourth-order valence-corrected chi connectivity index (χ4v) is 2.01. The van der Waals surface area contributed by atoms with E-state index < -0.39 is 0 Å². The molecule has 1 aromatic carbocycles. The fourth-order valence-electron chi connectivity index (χ4n) is 2.01. The quantitative estimate of drug-likeness (QED) is 0.809. The molecule has 2 N–H and O–H groups in total. The van der Waals surface area contributed by atoms with Gasteiger partial charge in [-0.3, -0.25) is 4.79 Å². The van der Waals surface area contributed by atoms with Crippen LogP contribution in [0, 0.1) is 13.8 Å². The zero-order valence-corrected chi connectivity index (χ0v) is 10.2. The van der Waals surface area contributed by atoms with Crippen LogP contribution in [0.5, 0.6) is 0 Å². The number of aryl methyl sites for hydroxylation is 2. The number of hydrogen-bond acceptors (Lipinski definition) is 3. The van der Waals surface area contributed by atoms with Crippen molar-refractivity contribution in [3.8, 4) is 0 Å². The van der Waals surface area contributed by atoms with Crippen molar-refractivity contribution in [2.45, 2.75) is 19.9 Å². The van der Waals surface area contributed by atoms with E-state index in [4.69, 9.17) is 4.74 Å². The van der Waals surface area contributed by atoms with Gasteiger partial charge in [-0.1, -0.05) is 6.07 Å². The first-order valence-corrected chi connectivity index (χ1v) is 5.85. The third-order valence-electron chi connectivity index (χ3n) is 2.73. The third kappa shape index (κ3) is 3.28. The van der Waals surface area contributed by atoms with Crippen LogP contribution in [-0.2, 0) is 9.53 Å². The SMILES string of the molecule is Cc1cc(C)cc(NC(=O)C2COCCN2)c1. The number of hydrogen-bond donors (Lipinski definition) is 2. The normalized spacial score (nSPS) is 20.0. The van der Waals surface area contributed by atoms with Gasteiger partial charge >= 0.3 is 0 Å². The molecule has 0 aromatic heterocycles. The number of carbonyl (C=O) groups excluding carboxylic acids is 1. The van der Waals surface area contributed by atoms with Crippen molar-refractivity contribution in [2.75, 3.05) is 25.1 Å². The van der Waals surface area contributed by atoms with Gasteiger partial charge in [0.2, 0.25) is 5.91 Å². The first kappa shape index (κ1) is 12.1. The van der Waals surface area contributed by atoms with E-state index in [2.05, 4.69) is 16.7 Å². The summed E-state index contributed by atoms with van der Waals surface area (Å²) in [5.41, 5.74) is 3.14. The molecule has 0 bridgehead atoms. The lowest BCUT2D eigenvalue weighted by molar-refractivity contribution is -0.120. The molecule has 1 amide bonds. The summed E-state index contributed by atoms with van der Waals surface area (Å²) in [7, 11) is 0. The summed E-state index contributed by atoms with van der Waals surface area (Å²) < 4.78 is 5.27. The summed E-state index contributed by atoms with van der Waals surface area (Å²) in [6, 6.07) is 5.77. The van der Waals surface area contributed by atoms with Crippen molar-refractivity contribution in [1.82, 2.24) is 5.32 Å². The highest BCUT2D eigenvalue weighted by molar-refractivity contribution is 5.95. The van der Waals surface area contributed by atoms with Crippen LogP contribution in [0.3, 0.4) is 0 Å². The molecular formula is C13H18N2O2. The minimum Gasteiger partial charge on any atom is -0.378 e. The van der Waals surface area contributed by atoms with Crippen molar-refractivity contribution < 1.29 is 9.53 Å². The maximum absolute atomic E-state index is 11.9. The highest BCUT2D eigenvalue weighted by Crippen LogP contribution is 2.14. The van der Waals surface area contributed by atoms with E-state index >= 15 is 0 Å². The van der Waals surface area contributed by atoms with Crippen molar-refractivity contribution in [2.24, 2.45) is 0 Å². The lowest BCUT2D eigenvalue weighted by Gasteiger charge is -2.23. The molecule has 1 heterocycles. The molecule has 1 unspecified atom stereocenters. The van der Waals surface area contributed by atoms with Gasteiger partial charge in [-0.05, 0) is 37.1 Å². The minimum atomic E-state index is -0.246. The maximum atomic E-state index is 11.9. The van der Waals surface area contributed by atoms with E-state index in [1.807, 2.05) is 26.0 Å². The largest absolute Gasteiger partial charge is 0.378 e. The Morgan fingerprint density at radius 1 is 1.35 bits per heavy atom. The Morgan fingerprint density at radius 3 is 2.65 bits per heavy atom. The second-order valence-corrected chi connectivity index (χ2v) is 4.45. The van der Waals surface area contributed by atoms with Gasteiger partial charge in [0.05, 0.1) is 13.2 Å². The molecular weight excluding hydrogens is 216 g/mol. The number of rotatable bonds is 2. The van der Waals surface area contributed by atoms with Crippen molar-refractivity contribution >= 4 is 11.6 Å². The van der Waals surface area contributed by atoms with Crippen LogP contribution >= 0.6 is 0 Å². The average molecular weight is 234 g/mol. The van der Waals surface area contributed by atoms with Gasteiger partial charge in [0.15, 0.2) is 0 Å². The van der Waals surface area contributed by atoms with Crippen molar-refractivity contribution in [3.05, 3.63) is 29.3 Å². The molecule has 92 valence electrons. The second kappa shape index (κ2) is 5.29. The van der Waals surface area contributed by atoms with E-state index in [-0.39, 0.29) is 11.9 Å². The topological polar surface area (TPSA) is 50.4 Å². The molecule has 1 aromatic rings. The van der Waals surface area contributed by atoms with Crippen LogP contribution in [0.4, 0.5) is 5.69 Å². The lowest BCUT2D eigenvalue weighted by Crippen LogP contribution is -2.48. The molecule has 1 saturated heterocycles. The van der Waals surface area contributed by atoms with Crippen molar-refractivity contribution in [1.29, 1.82) is 0 Å². The van der Waals surface area contributed by atoms with E-state index in [0.29, 0.717) is 13.2 Å². The first-order chi connectivity index (χ1) is 8.15. The monoisotopic (exact) mass is 234 g/mol. The molecule has 0 spiro atoms. The van der Waals surface area contributed by atoms with Gasteiger partial charge in [0, 0.05) is 12.2 Å². The van der Waals surface area contributed by atoms with Crippen LogP contribution in [0.2, 0.25) is 0 Å². The van der Waals surface area contributed by atoms with Crippen LogP contribution < -0.4 is 10.6 Å². The molecule has 17 heavy (non-hydrogen) atoms. The molecule has 1 aliphatic rings. The number of carbonyl (C=O) groups is 1. The van der Waals surface area contributed by atoms with Crippen LogP contribution in [0.25, 0.3) is 0 Å². The fraction of sp³-hybridized carbons (Fsp3) is 0.462. The molecule has 4 heteroatoms. The van der Waals surface area contributed by atoms with Crippen molar-refractivity contribution in [3.63, 3.8) is 0 Å². The maximum Gasteiger partial charge on any atom is 0.243 e.